The molecule has 16 heavy (non-hydrogen) atoms. The number of benzene rings is 1. The molecular formula is C13H15FO2. The van der Waals surface area contributed by atoms with Crippen LogP contribution >= 0.6 is 0 Å². The van der Waals surface area contributed by atoms with Crippen molar-refractivity contribution >= 4 is 5.97 Å². The first-order chi connectivity index (χ1) is 7.66. The Bertz CT molecular complexity index is 413. The molecule has 0 bridgehead atoms. The van der Waals surface area contributed by atoms with Gasteiger partial charge in [-0.1, -0.05) is 6.07 Å². The van der Waals surface area contributed by atoms with E-state index in [1.54, 1.807) is 6.07 Å². The zero-order chi connectivity index (χ0) is 11.5. The second-order valence-corrected chi connectivity index (χ2v) is 4.31. The fourth-order valence-corrected chi connectivity index (χ4v) is 2.24. The van der Waals surface area contributed by atoms with Crippen molar-refractivity contribution in [3.05, 3.63) is 34.6 Å². The summed E-state index contributed by atoms with van der Waals surface area (Å²) >= 11 is 0. The number of hydrogen-bond acceptors (Lipinski definition) is 1. The summed E-state index contributed by atoms with van der Waals surface area (Å²) < 4.78 is 13.6. The van der Waals surface area contributed by atoms with Crippen molar-refractivity contribution in [1.29, 1.82) is 0 Å². The van der Waals surface area contributed by atoms with Gasteiger partial charge in [0.25, 0.3) is 0 Å². The molecular weight excluding hydrogens is 207 g/mol. The van der Waals surface area contributed by atoms with Crippen LogP contribution in [0.1, 0.15) is 36.0 Å². The Hall–Kier alpha value is -1.38. The van der Waals surface area contributed by atoms with Gasteiger partial charge < -0.3 is 5.11 Å². The third-order valence-electron chi connectivity index (χ3n) is 3.12. The maximum Gasteiger partial charge on any atom is 0.303 e. The zero-order valence-electron chi connectivity index (χ0n) is 9.13. The molecule has 0 fully saturated rings. The number of aliphatic carboxylic acids is 1. The van der Waals surface area contributed by atoms with Gasteiger partial charge in [-0.2, -0.15) is 0 Å². The third kappa shape index (κ3) is 2.40. The highest BCUT2D eigenvalue weighted by molar-refractivity contribution is 5.67. The van der Waals surface area contributed by atoms with Crippen LogP contribution in [0.25, 0.3) is 0 Å². The first-order valence-electron chi connectivity index (χ1n) is 5.69. The smallest absolute Gasteiger partial charge is 0.303 e. The summed E-state index contributed by atoms with van der Waals surface area (Å²) in [4.78, 5) is 10.5. The maximum absolute atomic E-state index is 13.6. The molecule has 0 unspecified atom stereocenters. The summed E-state index contributed by atoms with van der Waals surface area (Å²) in [6.45, 7) is 0. The number of carboxylic acids is 1. The van der Waals surface area contributed by atoms with Crippen LogP contribution in [-0.4, -0.2) is 11.1 Å². The highest BCUT2D eigenvalue weighted by Gasteiger charge is 2.13. The molecule has 2 nitrogen and oxygen atoms in total. The fourth-order valence-electron chi connectivity index (χ4n) is 2.24. The molecule has 1 aliphatic carbocycles. The predicted octanol–water partition coefficient (Wildman–Crippen LogP) is 2.72. The van der Waals surface area contributed by atoms with E-state index in [1.807, 2.05) is 6.07 Å². The van der Waals surface area contributed by atoms with Gasteiger partial charge in [-0.15, -0.1) is 0 Å². The van der Waals surface area contributed by atoms with Gasteiger partial charge in [-0.05, 0) is 54.9 Å². The molecule has 1 N–H and O–H groups in total. The van der Waals surface area contributed by atoms with Crippen molar-refractivity contribution in [2.24, 2.45) is 0 Å². The summed E-state index contributed by atoms with van der Waals surface area (Å²) in [6, 6.07) is 3.44. The molecule has 0 saturated carbocycles. The average Bonchev–Trinajstić information content (AvgIpc) is 2.26. The lowest BCUT2D eigenvalue weighted by atomic mass is 9.89. The van der Waals surface area contributed by atoms with Gasteiger partial charge in [0.1, 0.15) is 5.82 Å². The van der Waals surface area contributed by atoms with Crippen LogP contribution in [0.3, 0.4) is 0 Å². The molecule has 0 saturated heterocycles. The topological polar surface area (TPSA) is 37.3 Å². The van der Waals surface area contributed by atoms with E-state index in [9.17, 15) is 9.18 Å². The number of fused-ring (bicyclic) bond motifs is 1. The minimum Gasteiger partial charge on any atom is -0.481 e. The monoisotopic (exact) mass is 222 g/mol. The normalized spacial score (nSPS) is 14.6. The number of rotatable bonds is 3. The molecule has 0 atom stereocenters. The number of carboxylic acid groups (broad SMARTS) is 1. The van der Waals surface area contributed by atoms with Crippen molar-refractivity contribution in [1.82, 2.24) is 0 Å². The van der Waals surface area contributed by atoms with Crippen LogP contribution in [0.5, 0.6) is 0 Å². The summed E-state index contributed by atoms with van der Waals surface area (Å²) in [6.07, 6.45) is 4.50. The largest absolute Gasteiger partial charge is 0.481 e. The van der Waals surface area contributed by atoms with Crippen molar-refractivity contribution in [2.75, 3.05) is 0 Å². The number of aryl methyl sites for hydroxylation is 3. The van der Waals surface area contributed by atoms with E-state index in [0.717, 1.165) is 31.2 Å². The minimum atomic E-state index is -0.878. The lowest BCUT2D eigenvalue weighted by molar-refractivity contribution is -0.136. The van der Waals surface area contributed by atoms with E-state index in [4.69, 9.17) is 5.11 Å². The highest BCUT2D eigenvalue weighted by Crippen LogP contribution is 2.24. The highest BCUT2D eigenvalue weighted by atomic mass is 19.1. The molecule has 0 heterocycles. The first-order valence-corrected chi connectivity index (χ1v) is 5.69. The quantitative estimate of drug-likeness (QED) is 0.853. The van der Waals surface area contributed by atoms with E-state index < -0.39 is 5.97 Å². The molecule has 0 radical (unpaired) electrons. The van der Waals surface area contributed by atoms with Gasteiger partial charge in [-0.3, -0.25) is 4.79 Å². The molecule has 86 valence electrons. The Morgan fingerprint density at radius 2 is 1.88 bits per heavy atom. The SMILES string of the molecule is O=C(O)CCc1cc2c(cc1F)CCCC2. The zero-order valence-corrected chi connectivity index (χ0v) is 9.13. The van der Waals surface area contributed by atoms with Crippen molar-refractivity contribution < 1.29 is 14.3 Å². The van der Waals surface area contributed by atoms with Crippen molar-refractivity contribution in [2.45, 2.75) is 38.5 Å². The third-order valence-corrected chi connectivity index (χ3v) is 3.12. The van der Waals surface area contributed by atoms with E-state index in [0.29, 0.717) is 5.56 Å². The van der Waals surface area contributed by atoms with E-state index in [1.165, 1.54) is 5.56 Å². The van der Waals surface area contributed by atoms with Gasteiger partial charge in [0.15, 0.2) is 0 Å². The van der Waals surface area contributed by atoms with Crippen LogP contribution in [0.2, 0.25) is 0 Å². The molecule has 2 rings (SSSR count). The van der Waals surface area contributed by atoms with Gasteiger partial charge >= 0.3 is 5.97 Å². The summed E-state index contributed by atoms with van der Waals surface area (Å²) in [5.74, 6) is -1.13. The minimum absolute atomic E-state index is 0.00426. The number of carbonyl (C=O) groups is 1. The average molecular weight is 222 g/mol. The van der Waals surface area contributed by atoms with E-state index >= 15 is 0 Å². The summed E-state index contributed by atoms with van der Waals surface area (Å²) in [5, 5.41) is 8.58. The van der Waals surface area contributed by atoms with Gasteiger partial charge in [0.2, 0.25) is 0 Å². The van der Waals surface area contributed by atoms with Crippen LogP contribution in [0.4, 0.5) is 4.39 Å². The lowest BCUT2D eigenvalue weighted by Crippen LogP contribution is -2.06. The molecule has 0 amide bonds. The molecule has 0 aliphatic heterocycles. The molecule has 1 aromatic rings. The Balaban J connectivity index is 2.21. The Morgan fingerprint density at radius 1 is 1.25 bits per heavy atom. The van der Waals surface area contributed by atoms with Crippen LogP contribution in [0, 0.1) is 5.82 Å². The van der Waals surface area contributed by atoms with Gasteiger partial charge in [-0.25, -0.2) is 4.39 Å². The van der Waals surface area contributed by atoms with Crippen LogP contribution in [0.15, 0.2) is 12.1 Å². The molecule has 1 aromatic carbocycles. The predicted molar refractivity (Wildman–Crippen MR) is 59.0 cm³/mol. The Morgan fingerprint density at radius 3 is 2.50 bits per heavy atom. The fraction of sp³-hybridized carbons (Fsp3) is 0.462. The summed E-state index contributed by atoms with van der Waals surface area (Å²) in [7, 11) is 0. The van der Waals surface area contributed by atoms with Crippen molar-refractivity contribution in [3.8, 4) is 0 Å². The second-order valence-electron chi connectivity index (χ2n) is 4.31. The first kappa shape index (κ1) is 11.1. The van der Waals surface area contributed by atoms with Crippen LogP contribution < -0.4 is 0 Å². The standard InChI is InChI=1S/C13H15FO2/c14-12-8-10-4-2-1-3-9(10)7-11(12)5-6-13(15)16/h7-8H,1-6H2,(H,15,16). The van der Waals surface area contributed by atoms with Crippen LogP contribution in [-0.2, 0) is 24.1 Å². The molecule has 0 aromatic heterocycles. The maximum atomic E-state index is 13.6. The summed E-state index contributed by atoms with van der Waals surface area (Å²) in [5.41, 5.74) is 2.85. The van der Waals surface area contributed by atoms with E-state index in [2.05, 4.69) is 0 Å². The Labute approximate surface area is 94.1 Å². The molecule has 3 heteroatoms. The van der Waals surface area contributed by atoms with Crippen molar-refractivity contribution in [3.63, 3.8) is 0 Å². The number of halogens is 1. The van der Waals surface area contributed by atoms with Gasteiger partial charge in [0.05, 0.1) is 0 Å². The Kier molecular flexibility index (Phi) is 3.22. The number of hydrogen-bond donors (Lipinski definition) is 1. The second kappa shape index (κ2) is 4.64. The lowest BCUT2D eigenvalue weighted by Gasteiger charge is -2.17. The molecule has 1 aliphatic rings. The van der Waals surface area contributed by atoms with Gasteiger partial charge in [0, 0.05) is 6.42 Å². The molecule has 0 spiro atoms. The van der Waals surface area contributed by atoms with E-state index in [-0.39, 0.29) is 18.7 Å².